The van der Waals surface area contributed by atoms with Crippen LogP contribution in [0.2, 0.25) is 0 Å². The van der Waals surface area contributed by atoms with Gasteiger partial charge in [-0.05, 0) is 24.8 Å². The van der Waals surface area contributed by atoms with Crippen LogP contribution in [0.3, 0.4) is 0 Å². The van der Waals surface area contributed by atoms with Crippen LogP contribution in [0.4, 0.5) is 0 Å². The van der Waals surface area contributed by atoms with Crippen molar-refractivity contribution in [2.24, 2.45) is 18.9 Å². The molecule has 106 valence electrons. The number of hydrogen-bond donors (Lipinski definition) is 1. The van der Waals surface area contributed by atoms with Crippen molar-refractivity contribution in [3.63, 3.8) is 0 Å². The summed E-state index contributed by atoms with van der Waals surface area (Å²) < 4.78 is 1.87. The topological polar surface area (TPSA) is 50.2 Å². The van der Waals surface area contributed by atoms with Crippen molar-refractivity contribution in [1.82, 2.24) is 20.0 Å². The Kier molecular flexibility index (Phi) is 2.65. The molecule has 2 saturated heterocycles. The summed E-state index contributed by atoms with van der Waals surface area (Å²) >= 11 is 1.56. The Labute approximate surface area is 121 Å². The van der Waals surface area contributed by atoms with Gasteiger partial charge in [-0.1, -0.05) is 0 Å². The maximum absolute atomic E-state index is 12.7. The minimum atomic E-state index is 0.194. The average Bonchev–Trinajstić information content (AvgIpc) is 3.12. The van der Waals surface area contributed by atoms with E-state index >= 15 is 0 Å². The van der Waals surface area contributed by atoms with Crippen molar-refractivity contribution in [2.45, 2.75) is 6.92 Å². The van der Waals surface area contributed by atoms with E-state index in [0.29, 0.717) is 11.8 Å². The van der Waals surface area contributed by atoms with Gasteiger partial charge in [-0.2, -0.15) is 5.10 Å². The van der Waals surface area contributed by atoms with Gasteiger partial charge in [0.05, 0.1) is 10.6 Å². The van der Waals surface area contributed by atoms with E-state index in [1.54, 1.807) is 11.3 Å². The van der Waals surface area contributed by atoms with Gasteiger partial charge in [-0.15, -0.1) is 11.3 Å². The van der Waals surface area contributed by atoms with E-state index in [1.165, 1.54) is 0 Å². The molecule has 6 heteroatoms. The van der Waals surface area contributed by atoms with Gasteiger partial charge >= 0.3 is 0 Å². The van der Waals surface area contributed by atoms with Crippen molar-refractivity contribution in [3.05, 3.63) is 16.6 Å². The SMILES string of the molecule is Cc1nn(C)c2sc(C(=O)N3C[C@H]4CNC[C@H]4C3)cc12. The number of thiophene rings is 1. The molecule has 2 aliphatic rings. The lowest BCUT2D eigenvalue weighted by atomic mass is 10.0. The fourth-order valence-electron chi connectivity index (χ4n) is 3.49. The average molecular weight is 290 g/mol. The smallest absolute Gasteiger partial charge is 0.264 e. The van der Waals surface area contributed by atoms with E-state index in [-0.39, 0.29) is 5.91 Å². The Bertz CT molecular complexity index is 642. The van der Waals surface area contributed by atoms with Crippen LogP contribution in [0, 0.1) is 18.8 Å². The Balaban J connectivity index is 1.62. The summed E-state index contributed by atoms with van der Waals surface area (Å²) in [7, 11) is 1.94. The monoisotopic (exact) mass is 290 g/mol. The van der Waals surface area contributed by atoms with E-state index in [0.717, 1.165) is 47.0 Å². The quantitative estimate of drug-likeness (QED) is 0.859. The van der Waals surface area contributed by atoms with Gasteiger partial charge in [0.2, 0.25) is 0 Å². The van der Waals surface area contributed by atoms with E-state index in [2.05, 4.69) is 10.4 Å². The van der Waals surface area contributed by atoms with Gasteiger partial charge in [-0.25, -0.2) is 0 Å². The molecule has 4 heterocycles. The van der Waals surface area contributed by atoms with Crippen molar-refractivity contribution in [1.29, 1.82) is 0 Å². The number of amides is 1. The Morgan fingerprint density at radius 1 is 1.40 bits per heavy atom. The standard InChI is InChI=1S/C14H18N4OS/c1-8-11-3-12(20-14(11)17(2)16-8)13(19)18-6-9-4-15-5-10(9)7-18/h3,9-10,15H,4-7H2,1-2H3/t9-,10+. The predicted molar refractivity (Wildman–Crippen MR) is 79.1 cm³/mol. The van der Waals surface area contributed by atoms with Crippen LogP contribution in [0.1, 0.15) is 15.4 Å². The zero-order valence-corrected chi connectivity index (χ0v) is 12.5. The molecule has 2 aliphatic heterocycles. The molecule has 0 spiro atoms. The van der Waals surface area contributed by atoms with E-state index in [9.17, 15) is 4.79 Å². The zero-order chi connectivity index (χ0) is 13.9. The number of aromatic nitrogens is 2. The molecular formula is C14H18N4OS. The Hall–Kier alpha value is -1.40. The largest absolute Gasteiger partial charge is 0.337 e. The lowest BCUT2D eigenvalue weighted by Crippen LogP contribution is -2.31. The minimum absolute atomic E-state index is 0.194. The summed E-state index contributed by atoms with van der Waals surface area (Å²) in [6.07, 6.45) is 0. The molecule has 5 nitrogen and oxygen atoms in total. The Morgan fingerprint density at radius 2 is 2.10 bits per heavy atom. The van der Waals surface area contributed by atoms with Crippen LogP contribution in [-0.2, 0) is 7.05 Å². The summed E-state index contributed by atoms with van der Waals surface area (Å²) in [6, 6.07) is 2.01. The van der Waals surface area contributed by atoms with Gasteiger partial charge in [0.25, 0.3) is 5.91 Å². The molecule has 0 bridgehead atoms. The number of aryl methyl sites for hydroxylation is 2. The van der Waals surface area contributed by atoms with E-state index < -0.39 is 0 Å². The highest BCUT2D eigenvalue weighted by molar-refractivity contribution is 7.20. The molecule has 2 aromatic heterocycles. The van der Waals surface area contributed by atoms with Crippen molar-refractivity contribution < 1.29 is 4.79 Å². The number of carbonyl (C=O) groups is 1. The third-order valence-corrected chi connectivity index (χ3v) is 5.77. The molecule has 0 radical (unpaired) electrons. The molecule has 0 aliphatic carbocycles. The normalized spacial score (nSPS) is 25.6. The second kappa shape index (κ2) is 4.30. The second-order valence-electron chi connectivity index (χ2n) is 5.93. The summed E-state index contributed by atoms with van der Waals surface area (Å²) in [5.74, 6) is 1.49. The molecule has 1 N–H and O–H groups in total. The number of hydrogen-bond acceptors (Lipinski definition) is 4. The lowest BCUT2D eigenvalue weighted by molar-refractivity contribution is 0.0786. The number of nitrogens with one attached hydrogen (secondary N) is 1. The van der Waals surface area contributed by atoms with Crippen LogP contribution >= 0.6 is 11.3 Å². The van der Waals surface area contributed by atoms with Crippen LogP contribution in [0.5, 0.6) is 0 Å². The van der Waals surface area contributed by atoms with Crippen LogP contribution in [0.15, 0.2) is 6.07 Å². The number of rotatable bonds is 1. The first kappa shape index (κ1) is 12.3. The first-order chi connectivity index (χ1) is 9.63. The lowest BCUT2D eigenvalue weighted by Gasteiger charge is -2.16. The molecule has 2 fully saturated rings. The highest BCUT2D eigenvalue weighted by atomic mass is 32.1. The molecule has 2 atom stereocenters. The molecule has 4 rings (SSSR count). The number of fused-ring (bicyclic) bond motifs is 2. The summed E-state index contributed by atoms with van der Waals surface area (Å²) in [5.41, 5.74) is 1.00. The molecule has 1 amide bonds. The van der Waals surface area contributed by atoms with Gasteiger partial charge in [-0.3, -0.25) is 9.48 Å². The number of nitrogens with zero attached hydrogens (tertiary/aromatic N) is 3. The third kappa shape index (κ3) is 1.71. The summed E-state index contributed by atoms with van der Waals surface area (Å²) in [4.78, 5) is 16.6. The Morgan fingerprint density at radius 3 is 2.75 bits per heavy atom. The fourth-order valence-corrected chi connectivity index (χ4v) is 4.58. The maximum atomic E-state index is 12.7. The predicted octanol–water partition coefficient (Wildman–Crippen LogP) is 1.23. The van der Waals surface area contributed by atoms with Gasteiger partial charge in [0.15, 0.2) is 0 Å². The third-order valence-electron chi connectivity index (χ3n) is 4.58. The molecule has 0 saturated carbocycles. The van der Waals surface area contributed by atoms with Crippen LogP contribution in [0.25, 0.3) is 10.2 Å². The van der Waals surface area contributed by atoms with Gasteiger partial charge < -0.3 is 10.2 Å². The number of carbonyl (C=O) groups excluding carboxylic acids is 1. The molecule has 20 heavy (non-hydrogen) atoms. The molecular weight excluding hydrogens is 272 g/mol. The second-order valence-corrected chi connectivity index (χ2v) is 6.96. The van der Waals surface area contributed by atoms with Gasteiger partial charge in [0.1, 0.15) is 4.83 Å². The fraction of sp³-hybridized carbons (Fsp3) is 0.571. The van der Waals surface area contributed by atoms with Crippen molar-refractivity contribution in [2.75, 3.05) is 26.2 Å². The summed E-state index contributed by atoms with van der Waals surface area (Å²) in [6.45, 7) is 5.92. The highest BCUT2D eigenvalue weighted by Crippen LogP contribution is 2.32. The van der Waals surface area contributed by atoms with Crippen molar-refractivity contribution >= 4 is 27.5 Å². The minimum Gasteiger partial charge on any atom is -0.337 e. The van der Waals surface area contributed by atoms with Crippen LogP contribution in [-0.4, -0.2) is 46.8 Å². The van der Waals surface area contributed by atoms with Crippen LogP contribution < -0.4 is 5.32 Å². The molecule has 0 unspecified atom stereocenters. The first-order valence-corrected chi connectivity index (χ1v) is 7.88. The first-order valence-electron chi connectivity index (χ1n) is 7.06. The molecule has 2 aromatic rings. The van der Waals surface area contributed by atoms with Crippen molar-refractivity contribution in [3.8, 4) is 0 Å². The number of likely N-dealkylation sites (tertiary alicyclic amines) is 1. The zero-order valence-electron chi connectivity index (χ0n) is 11.7. The summed E-state index contributed by atoms with van der Waals surface area (Å²) in [5, 5.41) is 8.91. The van der Waals surface area contributed by atoms with Gasteiger partial charge in [0, 0.05) is 38.6 Å². The van der Waals surface area contributed by atoms with E-state index in [4.69, 9.17) is 0 Å². The highest BCUT2D eigenvalue weighted by Gasteiger charge is 2.38. The maximum Gasteiger partial charge on any atom is 0.264 e. The molecule has 0 aromatic carbocycles. The van der Waals surface area contributed by atoms with E-state index in [1.807, 2.05) is 29.6 Å².